The highest BCUT2D eigenvalue weighted by molar-refractivity contribution is 9.13. The van der Waals surface area contributed by atoms with Crippen molar-refractivity contribution in [1.82, 2.24) is 5.32 Å². The molecule has 0 amide bonds. The van der Waals surface area contributed by atoms with Crippen molar-refractivity contribution in [3.63, 3.8) is 0 Å². The first-order chi connectivity index (χ1) is 7.19. The number of allylic oxidation sites excluding steroid dienone is 1. The second-order valence-electron chi connectivity index (χ2n) is 3.25. The van der Waals surface area contributed by atoms with Crippen LogP contribution in [0.5, 0.6) is 0 Å². The van der Waals surface area contributed by atoms with Crippen LogP contribution >= 0.6 is 43.2 Å². The minimum absolute atomic E-state index is 0.445. The van der Waals surface area contributed by atoms with E-state index in [0.29, 0.717) is 6.04 Å². The van der Waals surface area contributed by atoms with Gasteiger partial charge in [0.25, 0.3) is 0 Å². The summed E-state index contributed by atoms with van der Waals surface area (Å²) in [7, 11) is 0. The molecule has 0 saturated carbocycles. The number of halogens is 2. The molecule has 1 aromatic rings. The van der Waals surface area contributed by atoms with Gasteiger partial charge in [0.1, 0.15) is 0 Å². The number of rotatable bonds is 6. The predicted molar refractivity (Wildman–Crippen MR) is 75.6 cm³/mol. The maximum atomic E-state index is 3.77. The molecule has 0 aromatic carbocycles. The lowest BCUT2D eigenvalue weighted by molar-refractivity contribution is 0.527. The van der Waals surface area contributed by atoms with Gasteiger partial charge in [-0.25, -0.2) is 0 Å². The molecule has 0 saturated heterocycles. The van der Waals surface area contributed by atoms with Crippen LogP contribution in [0.4, 0.5) is 0 Å². The summed E-state index contributed by atoms with van der Waals surface area (Å²) < 4.78 is 2.31. The highest BCUT2D eigenvalue weighted by Gasteiger charge is 2.13. The Bertz CT molecular complexity index is 303. The SMILES string of the molecule is C=CCCC(NCC)c1cc(Br)c(Br)s1. The normalized spacial score (nSPS) is 12.7. The predicted octanol–water partition coefficient (Wildman–Crippen LogP) is 4.89. The molecule has 0 bridgehead atoms. The van der Waals surface area contributed by atoms with Gasteiger partial charge >= 0.3 is 0 Å². The van der Waals surface area contributed by atoms with Gasteiger partial charge in [-0.3, -0.25) is 0 Å². The van der Waals surface area contributed by atoms with E-state index in [0.717, 1.165) is 23.9 Å². The number of nitrogens with one attached hydrogen (secondary N) is 1. The number of hydrogen-bond acceptors (Lipinski definition) is 2. The largest absolute Gasteiger partial charge is 0.310 e. The average molecular weight is 353 g/mol. The molecule has 1 nitrogen and oxygen atoms in total. The van der Waals surface area contributed by atoms with E-state index in [1.54, 1.807) is 11.3 Å². The fraction of sp³-hybridized carbons (Fsp3) is 0.455. The molecular weight excluding hydrogens is 338 g/mol. The first-order valence-electron chi connectivity index (χ1n) is 4.98. The Morgan fingerprint density at radius 3 is 2.80 bits per heavy atom. The Balaban J connectivity index is 2.73. The van der Waals surface area contributed by atoms with E-state index in [1.807, 2.05) is 6.08 Å². The standard InChI is InChI=1S/C11H15Br2NS/c1-3-5-6-9(14-4-2)10-7-8(12)11(13)15-10/h3,7,9,14H,1,4-6H2,2H3. The Hall–Kier alpha value is 0.360. The summed E-state index contributed by atoms with van der Waals surface area (Å²) in [6.45, 7) is 6.90. The Kier molecular flexibility index (Phi) is 6.12. The van der Waals surface area contributed by atoms with Crippen LogP contribution in [0.15, 0.2) is 27.0 Å². The molecule has 1 atom stereocenters. The summed E-state index contributed by atoms with van der Waals surface area (Å²) >= 11 is 8.83. The van der Waals surface area contributed by atoms with Crippen molar-refractivity contribution in [2.45, 2.75) is 25.8 Å². The maximum absolute atomic E-state index is 3.77. The summed E-state index contributed by atoms with van der Waals surface area (Å²) in [6, 6.07) is 2.63. The van der Waals surface area contributed by atoms with Gasteiger partial charge in [0.05, 0.1) is 3.79 Å². The quantitative estimate of drug-likeness (QED) is 0.718. The molecule has 4 heteroatoms. The van der Waals surface area contributed by atoms with Crippen molar-refractivity contribution in [3.8, 4) is 0 Å². The van der Waals surface area contributed by atoms with Gasteiger partial charge in [-0.15, -0.1) is 17.9 Å². The van der Waals surface area contributed by atoms with Gasteiger partial charge in [-0.05, 0) is 57.3 Å². The van der Waals surface area contributed by atoms with Crippen LogP contribution in [0.25, 0.3) is 0 Å². The van der Waals surface area contributed by atoms with Gasteiger partial charge in [0.15, 0.2) is 0 Å². The van der Waals surface area contributed by atoms with Crippen LogP contribution in [0.3, 0.4) is 0 Å². The van der Waals surface area contributed by atoms with Gasteiger partial charge in [-0.2, -0.15) is 0 Å². The lowest BCUT2D eigenvalue weighted by Crippen LogP contribution is -2.19. The Labute approximate surface area is 112 Å². The van der Waals surface area contributed by atoms with E-state index in [-0.39, 0.29) is 0 Å². The summed E-state index contributed by atoms with van der Waals surface area (Å²) in [6.07, 6.45) is 4.13. The average Bonchev–Trinajstić information content (AvgIpc) is 2.54. The van der Waals surface area contributed by atoms with Gasteiger partial charge in [-0.1, -0.05) is 13.0 Å². The molecule has 0 aliphatic heterocycles. The van der Waals surface area contributed by atoms with E-state index in [9.17, 15) is 0 Å². The van der Waals surface area contributed by atoms with Crippen molar-refractivity contribution >= 4 is 43.2 Å². The summed E-state index contributed by atoms with van der Waals surface area (Å²) in [4.78, 5) is 1.37. The Morgan fingerprint density at radius 1 is 1.60 bits per heavy atom. The van der Waals surface area contributed by atoms with Crippen LogP contribution in [0.2, 0.25) is 0 Å². The third-order valence-corrected chi connectivity index (χ3v) is 5.49. The topological polar surface area (TPSA) is 12.0 Å². The Morgan fingerprint density at radius 2 is 2.33 bits per heavy atom. The molecule has 1 aromatic heterocycles. The number of hydrogen-bond donors (Lipinski definition) is 1. The third kappa shape index (κ3) is 4.02. The summed E-state index contributed by atoms with van der Waals surface area (Å²) in [5.74, 6) is 0. The minimum Gasteiger partial charge on any atom is -0.310 e. The van der Waals surface area contributed by atoms with Crippen LogP contribution in [-0.2, 0) is 0 Å². The van der Waals surface area contributed by atoms with E-state index in [1.165, 1.54) is 8.66 Å². The van der Waals surface area contributed by atoms with Crippen LogP contribution in [-0.4, -0.2) is 6.54 Å². The zero-order chi connectivity index (χ0) is 11.3. The van der Waals surface area contributed by atoms with E-state index in [4.69, 9.17) is 0 Å². The van der Waals surface area contributed by atoms with Crippen LogP contribution in [0, 0.1) is 0 Å². The van der Waals surface area contributed by atoms with Gasteiger partial charge in [0.2, 0.25) is 0 Å². The highest BCUT2D eigenvalue weighted by Crippen LogP contribution is 2.36. The lowest BCUT2D eigenvalue weighted by Gasteiger charge is -2.14. The molecule has 0 radical (unpaired) electrons. The molecule has 1 unspecified atom stereocenters. The third-order valence-electron chi connectivity index (χ3n) is 2.12. The molecule has 0 aliphatic carbocycles. The smallest absolute Gasteiger partial charge is 0.0843 e. The lowest BCUT2D eigenvalue weighted by atomic mass is 10.1. The van der Waals surface area contributed by atoms with Crippen molar-refractivity contribution in [1.29, 1.82) is 0 Å². The fourth-order valence-electron chi connectivity index (χ4n) is 1.41. The van der Waals surface area contributed by atoms with Crippen LogP contribution in [0.1, 0.15) is 30.7 Å². The monoisotopic (exact) mass is 351 g/mol. The summed E-state index contributed by atoms with van der Waals surface area (Å²) in [5, 5.41) is 3.50. The van der Waals surface area contributed by atoms with Crippen molar-refractivity contribution in [2.75, 3.05) is 6.54 Å². The fourth-order valence-corrected chi connectivity index (χ4v) is 3.61. The molecule has 84 valence electrons. The van der Waals surface area contributed by atoms with Crippen molar-refractivity contribution in [2.24, 2.45) is 0 Å². The van der Waals surface area contributed by atoms with E-state index in [2.05, 4.69) is 56.7 Å². The van der Waals surface area contributed by atoms with Gasteiger partial charge in [0, 0.05) is 15.4 Å². The van der Waals surface area contributed by atoms with Crippen LogP contribution < -0.4 is 5.32 Å². The molecule has 1 N–H and O–H groups in total. The zero-order valence-corrected chi connectivity index (χ0v) is 12.7. The first kappa shape index (κ1) is 13.4. The number of thiophene rings is 1. The van der Waals surface area contributed by atoms with Crippen molar-refractivity contribution < 1.29 is 0 Å². The second kappa shape index (κ2) is 6.84. The minimum atomic E-state index is 0.445. The second-order valence-corrected chi connectivity index (χ2v) is 6.50. The zero-order valence-electron chi connectivity index (χ0n) is 8.72. The molecule has 1 rings (SSSR count). The summed E-state index contributed by atoms with van der Waals surface area (Å²) in [5.41, 5.74) is 0. The first-order valence-corrected chi connectivity index (χ1v) is 7.38. The highest BCUT2D eigenvalue weighted by atomic mass is 79.9. The molecule has 0 fully saturated rings. The molecule has 15 heavy (non-hydrogen) atoms. The van der Waals surface area contributed by atoms with Crippen molar-refractivity contribution in [3.05, 3.63) is 31.9 Å². The molecule has 1 heterocycles. The van der Waals surface area contributed by atoms with Gasteiger partial charge < -0.3 is 5.32 Å². The molecule has 0 spiro atoms. The van der Waals surface area contributed by atoms with E-state index < -0.39 is 0 Å². The molecule has 0 aliphatic rings. The van der Waals surface area contributed by atoms with E-state index >= 15 is 0 Å². The maximum Gasteiger partial charge on any atom is 0.0843 e. The molecular formula is C11H15Br2NS.